The molecular weight excluding hydrogens is 509 g/mol. The smallest absolute Gasteiger partial charge is 0.242 e. The highest BCUT2D eigenvalue weighted by atomic mass is 35.5. The van der Waals surface area contributed by atoms with E-state index in [1.807, 2.05) is 44.2 Å². The molecule has 2 aromatic rings. The Hall–Kier alpha value is -2.29. The average molecular weight is 543 g/mol. The minimum Gasteiger partial charge on any atom is -0.352 e. The molecule has 0 unspecified atom stereocenters. The lowest BCUT2D eigenvalue weighted by Crippen LogP contribution is -2.49. The van der Waals surface area contributed by atoms with Crippen LogP contribution in [-0.4, -0.2) is 50.0 Å². The van der Waals surface area contributed by atoms with Crippen LogP contribution >= 0.6 is 23.2 Å². The van der Waals surface area contributed by atoms with Crippen molar-refractivity contribution in [3.05, 3.63) is 64.1 Å². The highest BCUT2D eigenvalue weighted by Gasteiger charge is 2.27. The molecule has 2 atom stereocenters. The molecule has 1 N–H and O–H groups in total. The van der Waals surface area contributed by atoms with Crippen molar-refractivity contribution in [2.45, 2.75) is 58.7 Å². The molecule has 2 aromatic carbocycles. The van der Waals surface area contributed by atoms with Crippen molar-refractivity contribution in [2.75, 3.05) is 17.1 Å². The van der Waals surface area contributed by atoms with E-state index in [4.69, 9.17) is 23.2 Å². The van der Waals surface area contributed by atoms with Gasteiger partial charge in [-0.2, -0.15) is 0 Å². The maximum absolute atomic E-state index is 13.3. The second kappa shape index (κ2) is 13.1. The summed E-state index contributed by atoms with van der Waals surface area (Å²) in [5, 5.41) is 3.52. The number of hydrogen-bond donors (Lipinski definition) is 1. The van der Waals surface area contributed by atoms with Crippen molar-refractivity contribution in [3.63, 3.8) is 0 Å². The third-order valence-corrected chi connectivity index (χ3v) is 7.43. The summed E-state index contributed by atoms with van der Waals surface area (Å²) < 4.78 is 26.0. The zero-order valence-corrected chi connectivity index (χ0v) is 22.8. The number of hydrogen-bond acceptors (Lipinski definition) is 4. The van der Waals surface area contributed by atoms with Crippen LogP contribution in [0.25, 0.3) is 0 Å². The summed E-state index contributed by atoms with van der Waals surface area (Å²) in [5.41, 5.74) is 1.16. The topological polar surface area (TPSA) is 86.8 Å². The van der Waals surface area contributed by atoms with Gasteiger partial charge in [0.05, 0.1) is 17.0 Å². The highest BCUT2D eigenvalue weighted by molar-refractivity contribution is 7.92. The van der Waals surface area contributed by atoms with Gasteiger partial charge in [-0.3, -0.25) is 13.9 Å². The summed E-state index contributed by atoms with van der Waals surface area (Å²) >= 11 is 12.3. The molecule has 0 aliphatic carbocycles. The molecule has 2 rings (SSSR count). The number of amides is 2. The number of benzene rings is 2. The second-order valence-electron chi connectivity index (χ2n) is 8.54. The quantitative estimate of drug-likeness (QED) is 0.415. The summed E-state index contributed by atoms with van der Waals surface area (Å²) in [4.78, 5) is 27.6. The van der Waals surface area contributed by atoms with Crippen LogP contribution in [-0.2, 0) is 26.2 Å². The number of nitrogens with zero attached hydrogens (tertiary/aromatic N) is 2. The van der Waals surface area contributed by atoms with Crippen LogP contribution in [0.4, 0.5) is 5.69 Å². The van der Waals surface area contributed by atoms with Crippen LogP contribution in [0.3, 0.4) is 0 Å². The molecule has 7 nitrogen and oxygen atoms in total. The highest BCUT2D eigenvalue weighted by Crippen LogP contribution is 2.31. The van der Waals surface area contributed by atoms with E-state index in [0.29, 0.717) is 5.02 Å². The Morgan fingerprint density at radius 1 is 1.06 bits per heavy atom. The number of anilines is 1. The van der Waals surface area contributed by atoms with Crippen molar-refractivity contribution in [2.24, 2.45) is 0 Å². The molecule has 0 spiro atoms. The molecule has 0 aliphatic heterocycles. The van der Waals surface area contributed by atoms with Gasteiger partial charge in [-0.05, 0) is 50.5 Å². The zero-order chi connectivity index (χ0) is 26.2. The minimum absolute atomic E-state index is 0.00982. The molecule has 0 bridgehead atoms. The minimum atomic E-state index is -3.67. The molecule has 2 amide bonds. The number of rotatable bonds is 12. The van der Waals surface area contributed by atoms with E-state index in [1.54, 1.807) is 13.0 Å². The lowest BCUT2D eigenvalue weighted by atomic mass is 10.1. The van der Waals surface area contributed by atoms with E-state index in [1.165, 1.54) is 17.0 Å². The fourth-order valence-electron chi connectivity index (χ4n) is 3.49. The molecule has 0 aliphatic rings. The van der Waals surface area contributed by atoms with Crippen LogP contribution in [0.5, 0.6) is 0 Å². The first-order valence-corrected chi connectivity index (χ1v) is 14.1. The first kappa shape index (κ1) is 28.9. The largest absolute Gasteiger partial charge is 0.352 e. The van der Waals surface area contributed by atoms with Gasteiger partial charge in [0.1, 0.15) is 6.04 Å². The summed E-state index contributed by atoms with van der Waals surface area (Å²) in [7, 11) is -3.67. The zero-order valence-electron chi connectivity index (χ0n) is 20.5. The number of nitrogens with one attached hydrogen (secondary N) is 1. The van der Waals surface area contributed by atoms with Gasteiger partial charge in [0.25, 0.3) is 0 Å². The summed E-state index contributed by atoms with van der Waals surface area (Å²) in [6.45, 7) is 5.89. The Bertz CT molecular complexity index is 1110. The average Bonchev–Trinajstić information content (AvgIpc) is 2.81. The van der Waals surface area contributed by atoms with Crippen LogP contribution in [0, 0.1) is 0 Å². The number of sulfonamides is 1. The first-order chi connectivity index (χ1) is 16.4. The molecule has 35 heavy (non-hydrogen) atoms. The number of halogens is 2. The van der Waals surface area contributed by atoms with Gasteiger partial charge in [-0.25, -0.2) is 8.42 Å². The third kappa shape index (κ3) is 8.70. The van der Waals surface area contributed by atoms with Gasteiger partial charge in [0.2, 0.25) is 21.8 Å². The van der Waals surface area contributed by atoms with Crippen molar-refractivity contribution in [3.8, 4) is 0 Å². The molecule has 0 saturated heterocycles. The van der Waals surface area contributed by atoms with Crippen molar-refractivity contribution < 1.29 is 18.0 Å². The SMILES string of the molecule is CC[C@H](C)NC(=O)[C@@H](C)N(Cc1ccccc1)C(=O)CCCN(c1cc(Cl)ccc1Cl)S(C)(=O)=O. The molecule has 192 valence electrons. The van der Waals surface area contributed by atoms with E-state index in [0.717, 1.165) is 22.5 Å². The van der Waals surface area contributed by atoms with Crippen LogP contribution in [0.2, 0.25) is 10.0 Å². The van der Waals surface area contributed by atoms with Gasteiger partial charge in [-0.15, -0.1) is 0 Å². The van der Waals surface area contributed by atoms with Gasteiger partial charge in [-0.1, -0.05) is 60.5 Å². The van der Waals surface area contributed by atoms with Gasteiger partial charge < -0.3 is 10.2 Å². The van der Waals surface area contributed by atoms with Crippen LogP contribution < -0.4 is 9.62 Å². The monoisotopic (exact) mass is 541 g/mol. The molecule has 10 heteroatoms. The molecule has 0 saturated carbocycles. The Balaban J connectivity index is 2.18. The van der Waals surface area contributed by atoms with Gasteiger partial charge in [0, 0.05) is 30.6 Å². The fraction of sp³-hybridized carbons (Fsp3) is 0.440. The number of carbonyl (C=O) groups excluding carboxylic acids is 2. The van der Waals surface area contributed by atoms with Crippen molar-refractivity contribution in [1.82, 2.24) is 10.2 Å². The Labute approximate surface area is 218 Å². The van der Waals surface area contributed by atoms with Crippen molar-refractivity contribution in [1.29, 1.82) is 0 Å². The summed E-state index contributed by atoms with van der Waals surface area (Å²) in [5.74, 6) is -0.474. The predicted molar refractivity (Wildman–Crippen MR) is 142 cm³/mol. The van der Waals surface area contributed by atoms with Gasteiger partial charge >= 0.3 is 0 Å². The third-order valence-electron chi connectivity index (χ3n) is 5.69. The maximum Gasteiger partial charge on any atom is 0.242 e. The standard InChI is InChI=1S/C25H33Cl2N3O4S/c1-5-18(2)28-25(32)19(3)29(17-20-10-7-6-8-11-20)24(31)12-9-15-30(35(4,33)34)23-16-21(26)13-14-22(23)27/h6-8,10-11,13-14,16,18-19H,5,9,12,15,17H2,1-4H3,(H,28,32)/t18-,19+/m0/s1. The Morgan fingerprint density at radius 2 is 1.71 bits per heavy atom. The van der Waals surface area contributed by atoms with E-state index in [9.17, 15) is 18.0 Å². The Morgan fingerprint density at radius 3 is 2.31 bits per heavy atom. The van der Waals surface area contributed by atoms with Crippen LogP contribution in [0.15, 0.2) is 48.5 Å². The summed E-state index contributed by atoms with van der Waals surface area (Å²) in [6, 6.07) is 13.3. The van der Waals surface area contributed by atoms with E-state index in [-0.39, 0.29) is 54.5 Å². The van der Waals surface area contributed by atoms with Crippen molar-refractivity contribution >= 4 is 50.7 Å². The molecule has 0 fully saturated rings. The molecular formula is C25H33Cl2N3O4S. The Kier molecular flexibility index (Phi) is 10.9. The number of carbonyl (C=O) groups is 2. The first-order valence-electron chi connectivity index (χ1n) is 11.5. The van der Waals surface area contributed by atoms with E-state index in [2.05, 4.69) is 5.32 Å². The van der Waals surface area contributed by atoms with E-state index < -0.39 is 16.1 Å². The lowest BCUT2D eigenvalue weighted by molar-refractivity contribution is -0.140. The molecule has 0 radical (unpaired) electrons. The van der Waals surface area contributed by atoms with Crippen LogP contribution in [0.1, 0.15) is 45.6 Å². The lowest BCUT2D eigenvalue weighted by Gasteiger charge is -2.30. The molecule has 0 aromatic heterocycles. The van der Waals surface area contributed by atoms with Gasteiger partial charge in [0.15, 0.2) is 0 Å². The normalized spacial score (nSPS) is 13.1. The maximum atomic E-state index is 13.3. The molecule has 0 heterocycles. The summed E-state index contributed by atoms with van der Waals surface area (Å²) in [6.07, 6.45) is 2.14. The fourth-order valence-corrected chi connectivity index (χ4v) is 4.89. The second-order valence-corrected chi connectivity index (χ2v) is 11.3. The van der Waals surface area contributed by atoms with E-state index >= 15 is 0 Å². The predicted octanol–water partition coefficient (Wildman–Crippen LogP) is 4.87.